The molecule has 0 bridgehead atoms. The van der Waals surface area contributed by atoms with E-state index < -0.39 is 5.41 Å². The number of allylic oxidation sites excluding steroid dienone is 5. The fraction of sp³-hybridized carbons (Fsp3) is 0.333. The van der Waals surface area contributed by atoms with Gasteiger partial charge in [-0.2, -0.15) is 0 Å². The fourth-order valence-corrected chi connectivity index (χ4v) is 4.76. The highest BCUT2D eigenvalue weighted by Gasteiger charge is 2.38. The molecule has 0 fully saturated rings. The lowest BCUT2D eigenvalue weighted by Gasteiger charge is -2.28. The van der Waals surface area contributed by atoms with Gasteiger partial charge in [0.2, 0.25) is 0 Å². The largest absolute Gasteiger partial charge is 0.465 e. The highest BCUT2D eigenvalue weighted by Crippen LogP contribution is 2.47. The number of hydrogen-bond acceptors (Lipinski definition) is 5. The molecule has 0 amide bonds. The summed E-state index contributed by atoms with van der Waals surface area (Å²) in [5.41, 5.74) is 6.69. The number of nitrogens with zero attached hydrogens (tertiary/aromatic N) is 1. The van der Waals surface area contributed by atoms with Crippen LogP contribution in [0.4, 0.5) is 5.69 Å². The van der Waals surface area contributed by atoms with Gasteiger partial charge in [-0.25, -0.2) is 9.59 Å². The molecule has 3 rings (SSSR count). The molecule has 1 aliphatic rings. The standard InChI is InChI=1S/C30H35NO4/c1-19-13-14-21(27(32)34-8)17-23(19)29(3,4)20(2)11-10-12-26-30(5,6)24-18-22(28(33)35-9)15-16-25(24)31(26)7/h10-18H,2H2,1,3-9H3/b11-10+,26-12-. The van der Waals surface area contributed by atoms with Gasteiger partial charge in [-0.1, -0.05) is 52.5 Å². The van der Waals surface area contributed by atoms with E-state index in [4.69, 9.17) is 9.47 Å². The minimum atomic E-state index is -0.390. The molecule has 0 saturated heterocycles. The molecule has 0 N–H and O–H groups in total. The van der Waals surface area contributed by atoms with Crippen molar-refractivity contribution in [1.82, 2.24) is 0 Å². The lowest BCUT2D eigenvalue weighted by Crippen LogP contribution is -2.23. The maximum atomic E-state index is 12.1. The van der Waals surface area contributed by atoms with Gasteiger partial charge >= 0.3 is 11.9 Å². The molecular weight excluding hydrogens is 438 g/mol. The first kappa shape index (κ1) is 26.0. The van der Waals surface area contributed by atoms with E-state index >= 15 is 0 Å². The maximum Gasteiger partial charge on any atom is 0.337 e. The van der Waals surface area contributed by atoms with Crippen molar-refractivity contribution in [2.24, 2.45) is 0 Å². The fourth-order valence-electron chi connectivity index (χ4n) is 4.76. The summed E-state index contributed by atoms with van der Waals surface area (Å²) in [5, 5.41) is 0. The highest BCUT2D eigenvalue weighted by atomic mass is 16.5. The molecule has 2 aromatic rings. The molecule has 0 saturated carbocycles. The summed E-state index contributed by atoms with van der Waals surface area (Å²) in [6.45, 7) is 14.9. The van der Waals surface area contributed by atoms with Crippen molar-refractivity contribution in [2.45, 2.75) is 45.4 Å². The molecular formula is C30H35NO4. The van der Waals surface area contributed by atoms with Crippen molar-refractivity contribution in [3.8, 4) is 0 Å². The Hall–Kier alpha value is -3.60. The number of ether oxygens (including phenoxy) is 2. The van der Waals surface area contributed by atoms with E-state index in [9.17, 15) is 9.59 Å². The maximum absolute atomic E-state index is 12.1. The minimum Gasteiger partial charge on any atom is -0.465 e. The van der Waals surface area contributed by atoms with Crippen molar-refractivity contribution in [3.05, 3.63) is 100 Å². The number of carbonyl (C=O) groups is 2. The zero-order valence-corrected chi connectivity index (χ0v) is 22.0. The number of rotatable bonds is 6. The summed E-state index contributed by atoms with van der Waals surface area (Å²) in [6.07, 6.45) is 6.13. The van der Waals surface area contributed by atoms with E-state index in [-0.39, 0.29) is 17.4 Å². The number of methoxy groups -OCH3 is 2. The smallest absolute Gasteiger partial charge is 0.337 e. The normalized spacial score (nSPS) is 15.9. The quantitative estimate of drug-likeness (QED) is 0.366. The van der Waals surface area contributed by atoms with E-state index in [0.29, 0.717) is 11.1 Å². The molecule has 0 unspecified atom stereocenters. The van der Waals surface area contributed by atoms with E-state index in [1.165, 1.54) is 14.2 Å². The number of carbonyl (C=O) groups excluding carboxylic acids is 2. The van der Waals surface area contributed by atoms with Crippen LogP contribution in [0.2, 0.25) is 0 Å². The molecule has 5 heteroatoms. The van der Waals surface area contributed by atoms with Crippen LogP contribution < -0.4 is 4.90 Å². The third-order valence-corrected chi connectivity index (χ3v) is 7.14. The molecule has 1 aliphatic heterocycles. The molecule has 35 heavy (non-hydrogen) atoms. The number of anilines is 1. The summed E-state index contributed by atoms with van der Waals surface area (Å²) in [5.74, 6) is -0.692. The lowest BCUT2D eigenvalue weighted by molar-refractivity contribution is 0.0591. The first-order valence-corrected chi connectivity index (χ1v) is 11.6. The Kier molecular flexibility index (Phi) is 7.11. The van der Waals surface area contributed by atoms with Crippen molar-refractivity contribution >= 4 is 17.6 Å². The van der Waals surface area contributed by atoms with Crippen LogP contribution in [-0.4, -0.2) is 33.2 Å². The van der Waals surface area contributed by atoms with Gasteiger partial charge in [0.1, 0.15) is 0 Å². The predicted octanol–water partition coefficient (Wildman–Crippen LogP) is 6.27. The van der Waals surface area contributed by atoms with Gasteiger partial charge < -0.3 is 14.4 Å². The number of likely N-dealkylation sites (N-methyl/N-ethyl adjacent to an activating group) is 1. The molecule has 0 spiro atoms. The Morgan fingerprint density at radius 3 is 2.17 bits per heavy atom. The molecule has 1 heterocycles. The van der Waals surface area contributed by atoms with Crippen LogP contribution in [0.3, 0.4) is 0 Å². The third kappa shape index (κ3) is 4.68. The van der Waals surface area contributed by atoms with E-state index in [1.54, 1.807) is 12.1 Å². The first-order chi connectivity index (χ1) is 16.4. The van der Waals surface area contributed by atoms with Crippen molar-refractivity contribution in [3.63, 3.8) is 0 Å². The van der Waals surface area contributed by atoms with Crippen molar-refractivity contribution in [2.75, 3.05) is 26.2 Å². The van der Waals surface area contributed by atoms with E-state index in [0.717, 1.165) is 33.6 Å². The molecule has 184 valence electrons. The number of aryl methyl sites for hydroxylation is 1. The van der Waals surface area contributed by atoms with Crippen molar-refractivity contribution < 1.29 is 19.1 Å². The monoisotopic (exact) mass is 473 g/mol. The minimum absolute atomic E-state index is 0.291. The number of benzene rings is 2. The van der Waals surface area contributed by atoms with Gasteiger partial charge in [0.15, 0.2) is 0 Å². The zero-order chi connectivity index (χ0) is 26.1. The Labute approximate surface area is 208 Å². The average Bonchev–Trinajstić information content (AvgIpc) is 3.02. The highest BCUT2D eigenvalue weighted by molar-refractivity contribution is 5.91. The van der Waals surface area contributed by atoms with Gasteiger partial charge in [-0.3, -0.25) is 0 Å². The summed E-state index contributed by atoms with van der Waals surface area (Å²) in [4.78, 5) is 26.3. The van der Waals surface area contributed by atoms with Crippen LogP contribution in [0.1, 0.15) is 65.1 Å². The number of hydrogen-bond donors (Lipinski definition) is 0. The van der Waals surface area contributed by atoms with Crippen LogP contribution >= 0.6 is 0 Å². The summed E-state index contributed by atoms with van der Waals surface area (Å²) in [7, 11) is 4.81. The van der Waals surface area contributed by atoms with Crippen LogP contribution in [0.25, 0.3) is 0 Å². The van der Waals surface area contributed by atoms with Crippen LogP contribution in [-0.2, 0) is 20.3 Å². The zero-order valence-electron chi connectivity index (χ0n) is 22.0. The summed E-state index contributed by atoms with van der Waals surface area (Å²) >= 11 is 0. The second-order valence-electron chi connectivity index (χ2n) is 9.99. The second-order valence-corrected chi connectivity index (χ2v) is 9.99. The summed E-state index contributed by atoms with van der Waals surface area (Å²) in [6, 6.07) is 11.3. The Balaban J connectivity index is 1.90. The molecule has 5 nitrogen and oxygen atoms in total. The molecule has 0 aromatic heterocycles. The van der Waals surface area contributed by atoms with Crippen LogP contribution in [0, 0.1) is 6.92 Å². The molecule has 0 atom stereocenters. The molecule has 2 aromatic carbocycles. The second kappa shape index (κ2) is 9.57. The molecule has 0 aliphatic carbocycles. The van der Waals surface area contributed by atoms with Gasteiger partial charge in [-0.15, -0.1) is 0 Å². The third-order valence-electron chi connectivity index (χ3n) is 7.14. The van der Waals surface area contributed by atoms with Gasteiger partial charge in [0.25, 0.3) is 0 Å². The molecule has 0 radical (unpaired) electrons. The number of fused-ring (bicyclic) bond motifs is 1. The van der Waals surface area contributed by atoms with Crippen molar-refractivity contribution in [1.29, 1.82) is 0 Å². The van der Waals surface area contributed by atoms with E-state index in [2.05, 4.69) is 45.2 Å². The van der Waals surface area contributed by atoms with Gasteiger partial charge in [-0.05, 0) is 65.6 Å². The SMILES string of the molecule is C=C(/C=C/C=C1\N(C)c2ccc(C(=O)OC)cc2C1(C)C)C(C)(C)c1cc(C(=O)OC)ccc1C. The predicted molar refractivity (Wildman–Crippen MR) is 141 cm³/mol. The average molecular weight is 474 g/mol. The van der Waals surface area contributed by atoms with E-state index in [1.807, 2.05) is 50.4 Å². The summed E-state index contributed by atoms with van der Waals surface area (Å²) < 4.78 is 9.79. The van der Waals surface area contributed by atoms with Gasteiger partial charge in [0, 0.05) is 29.3 Å². The van der Waals surface area contributed by atoms with Crippen LogP contribution in [0.15, 0.2) is 72.5 Å². The van der Waals surface area contributed by atoms with Gasteiger partial charge in [0.05, 0.1) is 25.3 Å². The lowest BCUT2D eigenvalue weighted by atomic mass is 9.75. The Morgan fingerprint density at radius 2 is 1.57 bits per heavy atom. The van der Waals surface area contributed by atoms with Crippen LogP contribution in [0.5, 0.6) is 0 Å². The Bertz CT molecular complexity index is 1250. The first-order valence-electron chi connectivity index (χ1n) is 11.6. The topological polar surface area (TPSA) is 55.8 Å². The number of esters is 2. The Morgan fingerprint density at radius 1 is 1.00 bits per heavy atom.